The first-order chi connectivity index (χ1) is 12.1. The maximum absolute atomic E-state index is 14.1. The molecular weight excluding hydrogens is 323 g/mol. The van der Waals surface area contributed by atoms with E-state index in [4.69, 9.17) is 4.42 Å². The lowest BCUT2D eigenvalue weighted by atomic mass is 9.96. The van der Waals surface area contributed by atoms with E-state index in [1.54, 1.807) is 17.9 Å². The van der Waals surface area contributed by atoms with E-state index < -0.39 is 0 Å². The molecule has 4 rings (SSSR count). The molecule has 2 aromatic rings. The van der Waals surface area contributed by atoms with Crippen LogP contribution in [0.4, 0.5) is 10.1 Å². The van der Waals surface area contributed by atoms with Crippen molar-refractivity contribution in [1.82, 2.24) is 5.32 Å². The minimum atomic E-state index is -0.331. The molecule has 2 aliphatic heterocycles. The molecule has 1 aromatic carbocycles. The molecule has 0 spiro atoms. The summed E-state index contributed by atoms with van der Waals surface area (Å²) in [6.07, 6.45) is 4.36. The number of rotatable bonds is 1. The Hall–Kier alpha value is -2.63. The van der Waals surface area contributed by atoms with E-state index in [9.17, 15) is 14.0 Å². The van der Waals surface area contributed by atoms with Crippen LogP contribution in [-0.4, -0.2) is 24.9 Å². The van der Waals surface area contributed by atoms with Gasteiger partial charge in [0.05, 0.1) is 16.8 Å². The summed E-state index contributed by atoms with van der Waals surface area (Å²) in [6.45, 7) is 2.74. The Kier molecular flexibility index (Phi) is 3.82. The predicted octanol–water partition coefficient (Wildman–Crippen LogP) is 3.00. The smallest absolute Gasteiger partial charge is 0.262 e. The number of amides is 2. The Morgan fingerprint density at radius 2 is 2.12 bits per heavy atom. The molecule has 1 aromatic heterocycles. The third-order valence-corrected chi connectivity index (χ3v) is 4.98. The molecule has 5 nitrogen and oxygen atoms in total. The molecule has 0 saturated heterocycles. The molecule has 6 heteroatoms. The summed E-state index contributed by atoms with van der Waals surface area (Å²) in [5, 5.41) is 2.79. The van der Waals surface area contributed by atoms with Gasteiger partial charge in [-0.1, -0.05) is 6.07 Å². The highest BCUT2D eigenvalue weighted by molar-refractivity contribution is 6.14. The zero-order chi connectivity index (χ0) is 17.6. The molecule has 1 N–H and O–H groups in total. The standard InChI is InChI=1S/C19H19FN2O3/c1-11-14(20)7-6-12-4-3-9-22(17(11)12)19(24)13-10-25-15-5-2-8-21-18(23)16(13)15/h6-7,10H,2-5,8-9H2,1H3,(H,21,23). The van der Waals surface area contributed by atoms with E-state index in [2.05, 4.69) is 5.32 Å². The number of carbonyl (C=O) groups is 2. The van der Waals surface area contributed by atoms with Gasteiger partial charge in [-0.2, -0.15) is 0 Å². The number of halogens is 1. The number of hydrogen-bond donors (Lipinski definition) is 1. The Morgan fingerprint density at radius 1 is 1.28 bits per heavy atom. The van der Waals surface area contributed by atoms with Crippen LogP contribution in [-0.2, 0) is 12.8 Å². The Bertz CT molecular complexity index is 872. The van der Waals surface area contributed by atoms with E-state index in [-0.39, 0.29) is 23.2 Å². The van der Waals surface area contributed by atoms with Crippen molar-refractivity contribution < 1.29 is 18.4 Å². The average molecular weight is 342 g/mol. The van der Waals surface area contributed by atoms with Gasteiger partial charge in [0, 0.05) is 25.1 Å². The summed E-state index contributed by atoms with van der Waals surface area (Å²) in [4.78, 5) is 27.1. The average Bonchev–Trinajstić information content (AvgIpc) is 2.96. The van der Waals surface area contributed by atoms with Crippen molar-refractivity contribution in [3.8, 4) is 0 Å². The number of benzene rings is 1. The van der Waals surface area contributed by atoms with Crippen LogP contribution < -0.4 is 10.2 Å². The number of carbonyl (C=O) groups excluding carboxylic acids is 2. The molecule has 0 fully saturated rings. The number of aryl methyl sites for hydroxylation is 2. The summed E-state index contributed by atoms with van der Waals surface area (Å²) >= 11 is 0. The SMILES string of the molecule is Cc1c(F)ccc2c1N(C(=O)c1coc3c1C(=O)NCCC3)CCC2. The second-order valence-corrected chi connectivity index (χ2v) is 6.55. The molecule has 0 unspecified atom stereocenters. The molecule has 0 saturated carbocycles. The van der Waals surface area contributed by atoms with Crippen LogP contribution in [0.1, 0.15) is 50.4 Å². The van der Waals surface area contributed by atoms with E-state index in [1.807, 2.05) is 0 Å². The van der Waals surface area contributed by atoms with Crippen LogP contribution in [0, 0.1) is 12.7 Å². The highest BCUT2D eigenvalue weighted by Crippen LogP contribution is 2.34. The van der Waals surface area contributed by atoms with Crippen molar-refractivity contribution >= 4 is 17.5 Å². The first-order valence-corrected chi connectivity index (χ1v) is 8.56. The van der Waals surface area contributed by atoms with Crippen LogP contribution in [0.25, 0.3) is 0 Å². The highest BCUT2D eigenvalue weighted by Gasteiger charge is 2.32. The number of nitrogens with one attached hydrogen (secondary N) is 1. The van der Waals surface area contributed by atoms with Crippen LogP contribution in [0.2, 0.25) is 0 Å². The second kappa shape index (κ2) is 6.02. The van der Waals surface area contributed by atoms with E-state index >= 15 is 0 Å². The van der Waals surface area contributed by atoms with Crippen LogP contribution in [0.15, 0.2) is 22.8 Å². The first-order valence-electron chi connectivity index (χ1n) is 8.56. The fourth-order valence-electron chi connectivity index (χ4n) is 3.72. The zero-order valence-electron chi connectivity index (χ0n) is 14.0. The highest BCUT2D eigenvalue weighted by atomic mass is 19.1. The molecule has 0 atom stereocenters. The van der Waals surface area contributed by atoms with Crippen LogP contribution >= 0.6 is 0 Å². The molecule has 0 radical (unpaired) electrons. The van der Waals surface area contributed by atoms with Gasteiger partial charge in [0.25, 0.3) is 11.8 Å². The maximum atomic E-state index is 14.1. The van der Waals surface area contributed by atoms with Gasteiger partial charge >= 0.3 is 0 Å². The molecule has 25 heavy (non-hydrogen) atoms. The molecule has 2 amide bonds. The summed E-state index contributed by atoms with van der Waals surface area (Å²) in [5.74, 6) is -0.372. The molecule has 0 aliphatic carbocycles. The number of nitrogens with zero attached hydrogens (tertiary/aromatic N) is 1. The summed E-state index contributed by atoms with van der Waals surface area (Å²) in [7, 11) is 0. The third kappa shape index (κ3) is 2.52. The zero-order valence-corrected chi connectivity index (χ0v) is 14.0. The summed E-state index contributed by atoms with van der Waals surface area (Å²) in [6, 6.07) is 3.18. The largest absolute Gasteiger partial charge is 0.468 e. The summed E-state index contributed by atoms with van der Waals surface area (Å²) in [5.41, 5.74) is 2.62. The number of furan rings is 1. The molecule has 3 heterocycles. The van der Waals surface area contributed by atoms with E-state index in [0.29, 0.717) is 42.1 Å². The molecule has 0 bridgehead atoms. The van der Waals surface area contributed by atoms with Crippen molar-refractivity contribution in [3.63, 3.8) is 0 Å². The van der Waals surface area contributed by atoms with Crippen molar-refractivity contribution in [2.45, 2.75) is 32.6 Å². The minimum Gasteiger partial charge on any atom is -0.468 e. The number of fused-ring (bicyclic) bond motifs is 2. The second-order valence-electron chi connectivity index (χ2n) is 6.55. The Balaban J connectivity index is 1.79. The van der Waals surface area contributed by atoms with Gasteiger partial charge in [-0.3, -0.25) is 9.59 Å². The topological polar surface area (TPSA) is 62.6 Å². The molecular formula is C19H19FN2O3. The third-order valence-electron chi connectivity index (χ3n) is 4.98. The quantitative estimate of drug-likeness (QED) is 0.867. The Morgan fingerprint density at radius 3 is 2.96 bits per heavy atom. The van der Waals surface area contributed by atoms with Crippen molar-refractivity contribution in [3.05, 3.63) is 52.2 Å². The van der Waals surface area contributed by atoms with Crippen LogP contribution in [0.3, 0.4) is 0 Å². The van der Waals surface area contributed by atoms with Gasteiger partial charge in [0.1, 0.15) is 17.8 Å². The lowest BCUT2D eigenvalue weighted by Gasteiger charge is -2.31. The minimum absolute atomic E-state index is 0.255. The van der Waals surface area contributed by atoms with Gasteiger partial charge in [-0.15, -0.1) is 0 Å². The van der Waals surface area contributed by atoms with Gasteiger partial charge in [-0.05, 0) is 37.8 Å². The summed E-state index contributed by atoms with van der Waals surface area (Å²) < 4.78 is 19.6. The predicted molar refractivity (Wildman–Crippen MR) is 90.5 cm³/mol. The van der Waals surface area contributed by atoms with Crippen molar-refractivity contribution in [2.24, 2.45) is 0 Å². The normalized spacial score (nSPS) is 16.7. The Labute approximate surface area is 144 Å². The van der Waals surface area contributed by atoms with Gasteiger partial charge in [-0.25, -0.2) is 4.39 Å². The first kappa shape index (κ1) is 15.9. The molecule has 2 aliphatic rings. The maximum Gasteiger partial charge on any atom is 0.262 e. The van der Waals surface area contributed by atoms with Crippen molar-refractivity contribution in [1.29, 1.82) is 0 Å². The fraction of sp³-hybridized carbons (Fsp3) is 0.368. The van der Waals surface area contributed by atoms with Gasteiger partial charge in [0.2, 0.25) is 0 Å². The van der Waals surface area contributed by atoms with E-state index in [1.165, 1.54) is 12.3 Å². The van der Waals surface area contributed by atoms with Gasteiger partial charge < -0.3 is 14.6 Å². The number of anilines is 1. The van der Waals surface area contributed by atoms with E-state index in [0.717, 1.165) is 24.8 Å². The lowest BCUT2D eigenvalue weighted by Crippen LogP contribution is -2.37. The van der Waals surface area contributed by atoms with Crippen molar-refractivity contribution in [2.75, 3.05) is 18.0 Å². The fourth-order valence-corrected chi connectivity index (χ4v) is 3.72. The van der Waals surface area contributed by atoms with Gasteiger partial charge in [0.15, 0.2) is 0 Å². The lowest BCUT2D eigenvalue weighted by molar-refractivity contribution is 0.0935. The molecule has 130 valence electrons. The number of hydrogen-bond acceptors (Lipinski definition) is 3. The van der Waals surface area contributed by atoms with Crippen LogP contribution in [0.5, 0.6) is 0 Å². The monoisotopic (exact) mass is 342 g/mol.